The van der Waals surface area contributed by atoms with E-state index in [1.54, 1.807) is 0 Å². The fourth-order valence-corrected chi connectivity index (χ4v) is 9.92. The van der Waals surface area contributed by atoms with Crippen LogP contribution >= 0.6 is 0 Å². The summed E-state index contributed by atoms with van der Waals surface area (Å²) in [4.78, 5) is 48.5. The highest BCUT2D eigenvalue weighted by Crippen LogP contribution is 2.74. The fourth-order valence-electron chi connectivity index (χ4n) is 9.92. The maximum absolute atomic E-state index is 16.3. The van der Waals surface area contributed by atoms with E-state index in [1.807, 2.05) is 152 Å². The van der Waals surface area contributed by atoms with Crippen LogP contribution in [0.4, 0.5) is 5.69 Å². The third-order valence-electron chi connectivity index (χ3n) is 12.0. The third-order valence-corrected chi connectivity index (χ3v) is 12.0. The zero-order valence-corrected chi connectivity index (χ0v) is 29.3. The molecule has 0 aromatic heterocycles. The summed E-state index contributed by atoms with van der Waals surface area (Å²) in [5.41, 5.74) is 3.23. The topological polar surface area (TPSA) is 91.4 Å². The molecule has 8 heteroatoms. The molecule has 11 rings (SSSR count). The number of fused-ring (bicyclic) bond motifs is 7. The summed E-state index contributed by atoms with van der Waals surface area (Å²) in [6.45, 7) is 0.137. The summed E-state index contributed by atoms with van der Waals surface area (Å²) >= 11 is 0. The Labute approximate surface area is 316 Å². The number of nitrogens with zero attached hydrogens (tertiary/aromatic N) is 1. The molecule has 5 aliphatic rings. The minimum absolute atomic E-state index is 0.0687. The molecule has 6 aromatic carbocycles. The van der Waals surface area contributed by atoms with Gasteiger partial charge in [0.1, 0.15) is 0 Å². The number of carbonyl (C=O) groups excluding carboxylic acids is 3. The lowest BCUT2D eigenvalue weighted by Crippen LogP contribution is -2.45. The lowest BCUT2D eigenvalue weighted by molar-refractivity contribution is -0.130. The van der Waals surface area contributed by atoms with Gasteiger partial charge in [-0.25, -0.2) is 4.90 Å². The maximum atomic E-state index is 16.3. The van der Waals surface area contributed by atoms with Gasteiger partial charge in [0.2, 0.25) is 25.4 Å². The van der Waals surface area contributed by atoms with E-state index in [4.69, 9.17) is 18.9 Å². The molecule has 0 unspecified atom stereocenters. The first-order chi connectivity index (χ1) is 27.0. The summed E-state index contributed by atoms with van der Waals surface area (Å²) in [5, 5.41) is 0. The Bertz CT molecular complexity index is 2480. The first-order valence-electron chi connectivity index (χ1n) is 18.3. The van der Waals surface area contributed by atoms with Crippen LogP contribution in [0.5, 0.6) is 23.0 Å². The summed E-state index contributed by atoms with van der Waals surface area (Å²) in [7, 11) is 0. The number of amides is 2. The molecule has 0 radical (unpaired) electrons. The van der Waals surface area contributed by atoms with Crippen LogP contribution in [0.1, 0.15) is 22.3 Å². The number of hydrogen-bond acceptors (Lipinski definition) is 7. The van der Waals surface area contributed by atoms with Crippen molar-refractivity contribution in [2.75, 3.05) is 18.5 Å². The van der Waals surface area contributed by atoms with Crippen molar-refractivity contribution in [1.29, 1.82) is 0 Å². The van der Waals surface area contributed by atoms with E-state index in [0.29, 0.717) is 62.1 Å². The van der Waals surface area contributed by atoms with Crippen LogP contribution in [0.3, 0.4) is 0 Å². The highest BCUT2D eigenvalue weighted by atomic mass is 16.7. The third kappa shape index (κ3) is 4.08. The maximum Gasteiger partial charge on any atom is 0.239 e. The van der Waals surface area contributed by atoms with Gasteiger partial charge in [0.15, 0.2) is 28.8 Å². The molecule has 8 nitrogen and oxygen atoms in total. The molecule has 0 spiro atoms. The average molecular weight is 722 g/mol. The van der Waals surface area contributed by atoms with Crippen molar-refractivity contribution >= 4 is 34.4 Å². The Morgan fingerprint density at radius 1 is 0.436 bits per heavy atom. The van der Waals surface area contributed by atoms with Gasteiger partial charge in [0.25, 0.3) is 0 Å². The number of carbonyl (C=O) groups is 3. The zero-order chi connectivity index (χ0) is 36.9. The minimum Gasteiger partial charge on any atom is -0.454 e. The predicted octanol–water partition coefficient (Wildman–Crippen LogP) is 8.00. The quantitative estimate of drug-likeness (QED) is 0.161. The number of rotatable bonds is 6. The SMILES string of the molecule is O=C1[C@@H]2[C@H](C(=O)N1c1ccc(-c3ccccc3)cc1)[C@@]1(c3ccccc3)C(=O)[C@@]2(c2ccccc2)C(c2ccc3c(c2)OCO3)=C1c1ccc2c(c1)OCO2. The minimum atomic E-state index is -1.58. The molecule has 1 saturated carbocycles. The molecule has 2 fully saturated rings. The summed E-state index contributed by atoms with van der Waals surface area (Å²) in [5.74, 6) is -0.936. The summed E-state index contributed by atoms with van der Waals surface area (Å²) in [6, 6.07) is 47.6. The van der Waals surface area contributed by atoms with Crippen LogP contribution in [-0.2, 0) is 25.2 Å². The van der Waals surface area contributed by atoms with Crippen LogP contribution in [0.15, 0.2) is 152 Å². The molecule has 2 aliphatic carbocycles. The van der Waals surface area contributed by atoms with E-state index in [1.165, 1.54) is 4.90 Å². The lowest BCUT2D eigenvalue weighted by Gasteiger charge is -2.39. The van der Waals surface area contributed by atoms with Gasteiger partial charge >= 0.3 is 0 Å². The van der Waals surface area contributed by atoms with Crippen LogP contribution in [-0.4, -0.2) is 31.2 Å². The summed E-state index contributed by atoms with van der Waals surface area (Å²) < 4.78 is 23.2. The molecule has 55 heavy (non-hydrogen) atoms. The first kappa shape index (κ1) is 31.6. The highest BCUT2D eigenvalue weighted by Gasteiger charge is 2.82. The van der Waals surface area contributed by atoms with Crippen molar-refractivity contribution in [3.63, 3.8) is 0 Å². The van der Waals surface area contributed by atoms with Crippen LogP contribution in [0.2, 0.25) is 0 Å². The van der Waals surface area contributed by atoms with Gasteiger partial charge in [-0.3, -0.25) is 14.4 Å². The van der Waals surface area contributed by atoms with Gasteiger partial charge in [0, 0.05) is 0 Å². The van der Waals surface area contributed by atoms with Crippen LogP contribution in [0.25, 0.3) is 22.3 Å². The Hall–Kier alpha value is -6.93. The largest absolute Gasteiger partial charge is 0.454 e. The van der Waals surface area contributed by atoms with Crippen LogP contribution in [0, 0.1) is 11.8 Å². The number of hydrogen-bond donors (Lipinski definition) is 0. The van der Waals surface area contributed by atoms with Crippen molar-refractivity contribution in [3.05, 3.63) is 174 Å². The van der Waals surface area contributed by atoms with Crippen molar-refractivity contribution in [1.82, 2.24) is 0 Å². The number of anilines is 1. The molecular formula is C47H31NO7. The molecule has 1 saturated heterocycles. The smallest absolute Gasteiger partial charge is 0.239 e. The lowest BCUT2D eigenvalue weighted by atomic mass is 9.59. The van der Waals surface area contributed by atoms with Crippen LogP contribution < -0.4 is 23.8 Å². The molecule has 0 N–H and O–H groups in total. The predicted molar refractivity (Wildman–Crippen MR) is 205 cm³/mol. The Morgan fingerprint density at radius 2 is 0.836 bits per heavy atom. The second kappa shape index (κ2) is 11.5. The molecule has 3 aliphatic heterocycles. The van der Waals surface area contributed by atoms with E-state index in [-0.39, 0.29) is 19.4 Å². The summed E-state index contributed by atoms with van der Waals surface area (Å²) in [6.07, 6.45) is 0. The van der Waals surface area contributed by atoms with E-state index in [0.717, 1.165) is 11.1 Å². The number of ketones is 1. The zero-order valence-electron chi connectivity index (χ0n) is 29.3. The highest BCUT2D eigenvalue weighted by molar-refractivity contribution is 6.39. The second-order valence-corrected chi connectivity index (χ2v) is 14.4. The molecule has 2 amide bonds. The van der Waals surface area contributed by atoms with Crippen molar-refractivity contribution in [2.45, 2.75) is 10.8 Å². The van der Waals surface area contributed by atoms with E-state index in [2.05, 4.69) is 0 Å². The molecule has 3 heterocycles. The Kier molecular flexibility index (Phi) is 6.62. The normalized spacial score (nSPS) is 24.2. The number of benzene rings is 6. The molecule has 266 valence electrons. The molecular weight excluding hydrogens is 691 g/mol. The Morgan fingerprint density at radius 3 is 1.31 bits per heavy atom. The van der Waals surface area contributed by atoms with Crippen molar-refractivity contribution in [3.8, 4) is 34.1 Å². The van der Waals surface area contributed by atoms with Gasteiger partial charge in [0.05, 0.1) is 28.4 Å². The van der Waals surface area contributed by atoms with Gasteiger partial charge in [-0.15, -0.1) is 0 Å². The number of allylic oxidation sites excluding steroid dienone is 2. The number of imide groups is 1. The van der Waals surface area contributed by atoms with Gasteiger partial charge in [-0.05, 0) is 80.9 Å². The van der Waals surface area contributed by atoms with E-state index in [9.17, 15) is 0 Å². The van der Waals surface area contributed by atoms with Gasteiger partial charge in [-0.1, -0.05) is 115 Å². The van der Waals surface area contributed by atoms with Gasteiger partial charge in [-0.2, -0.15) is 0 Å². The average Bonchev–Trinajstić information content (AvgIpc) is 4.05. The van der Waals surface area contributed by atoms with E-state index >= 15 is 14.4 Å². The van der Waals surface area contributed by atoms with Crippen molar-refractivity contribution < 1.29 is 33.3 Å². The second-order valence-electron chi connectivity index (χ2n) is 14.4. The van der Waals surface area contributed by atoms with Gasteiger partial charge < -0.3 is 18.9 Å². The first-order valence-corrected chi connectivity index (χ1v) is 18.3. The molecule has 6 aromatic rings. The van der Waals surface area contributed by atoms with E-state index < -0.39 is 34.5 Å². The fraction of sp³-hybridized carbons (Fsp3) is 0.128. The molecule has 4 atom stereocenters. The number of ether oxygens (including phenoxy) is 4. The standard InChI is InChI=1S/C47H31NO7/c49-43-41-42(44(50)48(43)34-20-16-29(17-21-34)28-10-4-1-5-11-28)47(33-14-8-3-9-15-33)40(31-19-23-36-38(25-31)55-27-53-36)39(30-18-22-35-37(24-30)54-26-52-35)46(41,45(47)51)32-12-6-2-7-13-32/h1-25,41-42H,26-27H2/t41-,42+,46-,47-/m0/s1. The monoisotopic (exact) mass is 721 g/mol. The Balaban J connectivity index is 1.22. The molecule has 2 bridgehead atoms. The van der Waals surface area contributed by atoms with Crippen molar-refractivity contribution in [2.24, 2.45) is 11.8 Å². The number of Topliss-reactive ketones (excluding diaryl/α,β-unsaturated/α-hetero) is 1.